The molecule has 146 valence electrons. The van der Waals surface area contributed by atoms with Gasteiger partial charge in [0.05, 0.1) is 11.4 Å². The van der Waals surface area contributed by atoms with Crippen LogP contribution in [-0.4, -0.2) is 49.2 Å². The second-order valence-electron chi connectivity index (χ2n) is 7.16. The highest BCUT2D eigenvalue weighted by molar-refractivity contribution is 7.89. The lowest BCUT2D eigenvalue weighted by Crippen LogP contribution is -2.38. The molecule has 0 spiro atoms. The summed E-state index contributed by atoms with van der Waals surface area (Å²) in [4.78, 5) is 16.7. The maximum Gasteiger partial charge on any atom is 0.244 e. The quantitative estimate of drug-likeness (QED) is 0.733. The van der Waals surface area contributed by atoms with Gasteiger partial charge in [-0.3, -0.25) is 4.79 Å². The van der Waals surface area contributed by atoms with Crippen molar-refractivity contribution in [3.63, 3.8) is 0 Å². The highest BCUT2D eigenvalue weighted by Gasteiger charge is 2.41. The van der Waals surface area contributed by atoms with Crippen molar-refractivity contribution in [1.82, 2.24) is 14.2 Å². The van der Waals surface area contributed by atoms with Gasteiger partial charge in [0.25, 0.3) is 0 Å². The number of H-pyrrole nitrogens is 1. The van der Waals surface area contributed by atoms with Crippen molar-refractivity contribution >= 4 is 26.8 Å². The first-order valence-electron chi connectivity index (χ1n) is 8.83. The van der Waals surface area contributed by atoms with Gasteiger partial charge in [-0.05, 0) is 48.4 Å². The van der Waals surface area contributed by atoms with E-state index in [1.807, 2.05) is 6.07 Å². The number of fused-ring (bicyclic) bond motifs is 2. The average molecular weight is 401 g/mol. The van der Waals surface area contributed by atoms with E-state index in [4.69, 9.17) is 0 Å². The second-order valence-corrected chi connectivity index (χ2v) is 9.02. The zero-order valence-corrected chi connectivity index (χ0v) is 16.5. The fourth-order valence-electron chi connectivity index (χ4n) is 3.60. The van der Waals surface area contributed by atoms with E-state index in [0.717, 1.165) is 16.5 Å². The van der Waals surface area contributed by atoms with E-state index in [0.29, 0.717) is 11.1 Å². The van der Waals surface area contributed by atoms with Crippen LogP contribution in [0.1, 0.15) is 18.5 Å². The molecule has 0 aliphatic carbocycles. The van der Waals surface area contributed by atoms with E-state index in [2.05, 4.69) is 4.98 Å². The summed E-state index contributed by atoms with van der Waals surface area (Å²) in [5, 5.41) is 0.856. The molecule has 0 saturated carbocycles. The number of rotatable bonds is 3. The third-order valence-electron chi connectivity index (χ3n) is 5.22. The van der Waals surface area contributed by atoms with Crippen molar-refractivity contribution < 1.29 is 17.6 Å². The van der Waals surface area contributed by atoms with E-state index in [1.54, 1.807) is 45.4 Å². The van der Waals surface area contributed by atoms with Gasteiger partial charge in [0, 0.05) is 42.8 Å². The van der Waals surface area contributed by atoms with Crippen LogP contribution < -0.4 is 0 Å². The Balaban J connectivity index is 1.78. The van der Waals surface area contributed by atoms with Gasteiger partial charge >= 0.3 is 0 Å². The molecule has 1 aliphatic rings. The zero-order valence-electron chi connectivity index (χ0n) is 15.7. The number of aromatic amines is 1. The van der Waals surface area contributed by atoms with Crippen LogP contribution in [0.3, 0.4) is 0 Å². The fraction of sp³-hybridized carbons (Fsp3) is 0.250. The van der Waals surface area contributed by atoms with Gasteiger partial charge < -0.3 is 9.88 Å². The minimum atomic E-state index is -3.73. The summed E-state index contributed by atoms with van der Waals surface area (Å²) in [6.07, 6.45) is 1.79. The predicted octanol–water partition coefficient (Wildman–Crippen LogP) is 3.13. The number of nitrogens with one attached hydrogen (secondary N) is 1. The van der Waals surface area contributed by atoms with Crippen LogP contribution in [0, 0.1) is 5.82 Å². The summed E-state index contributed by atoms with van der Waals surface area (Å²) in [6, 6.07) is 9.23. The Hall–Kier alpha value is -2.71. The number of carbonyl (C=O) groups excluding carboxylic acids is 1. The zero-order chi connectivity index (χ0) is 20.2. The fourth-order valence-corrected chi connectivity index (χ4v) is 5.43. The molecule has 1 aliphatic heterocycles. The molecular weight excluding hydrogens is 381 g/mol. The van der Waals surface area contributed by atoms with Crippen LogP contribution in [0.15, 0.2) is 47.5 Å². The molecule has 4 rings (SSSR count). The Morgan fingerprint density at radius 3 is 2.68 bits per heavy atom. The summed E-state index contributed by atoms with van der Waals surface area (Å²) < 4.78 is 40.5. The van der Waals surface area contributed by atoms with Gasteiger partial charge in [0.2, 0.25) is 15.9 Å². The molecule has 6 nitrogen and oxygen atoms in total. The number of nitrogens with zero attached hydrogens (tertiary/aromatic N) is 2. The molecule has 1 N–H and O–H groups in total. The van der Waals surface area contributed by atoms with Crippen molar-refractivity contribution in [1.29, 1.82) is 0 Å². The Labute approximate surface area is 162 Å². The number of hydrogen-bond donors (Lipinski definition) is 1. The Morgan fingerprint density at radius 1 is 1.21 bits per heavy atom. The first kappa shape index (κ1) is 18.6. The Bertz CT molecular complexity index is 1200. The van der Waals surface area contributed by atoms with Crippen molar-refractivity contribution in [2.24, 2.45) is 0 Å². The molecule has 28 heavy (non-hydrogen) atoms. The van der Waals surface area contributed by atoms with Crippen molar-refractivity contribution in [3.05, 3.63) is 54.0 Å². The number of benzene rings is 2. The average Bonchev–Trinajstić information content (AvgIpc) is 3.14. The lowest BCUT2D eigenvalue weighted by atomic mass is 9.99. The van der Waals surface area contributed by atoms with Crippen LogP contribution in [0.2, 0.25) is 0 Å². The van der Waals surface area contributed by atoms with Gasteiger partial charge in [-0.1, -0.05) is 6.07 Å². The SMILES string of the molecule is CC1c2cc(-c3c[nH]c4cc(F)ccc34)ccc2S(=O)(=O)N1CC(=O)N(C)C. The van der Waals surface area contributed by atoms with E-state index >= 15 is 0 Å². The molecular formula is C20H20FN3O3S. The van der Waals surface area contributed by atoms with E-state index in [9.17, 15) is 17.6 Å². The van der Waals surface area contributed by atoms with Crippen LogP contribution in [-0.2, 0) is 14.8 Å². The molecule has 2 heterocycles. The normalized spacial score (nSPS) is 18.4. The van der Waals surface area contributed by atoms with Crippen molar-refractivity contribution in [2.75, 3.05) is 20.6 Å². The van der Waals surface area contributed by atoms with Gasteiger partial charge in [-0.2, -0.15) is 4.31 Å². The highest BCUT2D eigenvalue weighted by atomic mass is 32.2. The summed E-state index contributed by atoms with van der Waals surface area (Å²) in [7, 11) is -0.533. The third kappa shape index (κ3) is 2.80. The first-order chi connectivity index (χ1) is 13.2. The smallest absolute Gasteiger partial charge is 0.244 e. The van der Waals surface area contributed by atoms with Gasteiger partial charge in [0.15, 0.2) is 0 Å². The Morgan fingerprint density at radius 2 is 1.96 bits per heavy atom. The largest absolute Gasteiger partial charge is 0.360 e. The molecule has 0 fully saturated rings. The van der Waals surface area contributed by atoms with Crippen LogP contribution in [0.4, 0.5) is 4.39 Å². The summed E-state index contributed by atoms with van der Waals surface area (Å²) >= 11 is 0. The van der Waals surface area contributed by atoms with Gasteiger partial charge in [-0.25, -0.2) is 12.8 Å². The second kappa shape index (κ2) is 6.42. The van der Waals surface area contributed by atoms with Gasteiger partial charge in [-0.15, -0.1) is 0 Å². The molecule has 1 aromatic heterocycles. The number of sulfonamides is 1. The van der Waals surface area contributed by atoms with E-state index in [1.165, 1.54) is 21.3 Å². The van der Waals surface area contributed by atoms with Crippen molar-refractivity contribution in [2.45, 2.75) is 17.9 Å². The summed E-state index contributed by atoms with van der Waals surface area (Å²) in [6.45, 7) is 1.58. The highest BCUT2D eigenvalue weighted by Crippen LogP contribution is 2.41. The first-order valence-corrected chi connectivity index (χ1v) is 10.3. The maximum atomic E-state index is 13.4. The third-order valence-corrected chi connectivity index (χ3v) is 7.21. The molecule has 0 bridgehead atoms. The number of halogens is 1. The molecule has 0 saturated heterocycles. The molecule has 1 amide bonds. The monoisotopic (exact) mass is 401 g/mol. The van der Waals surface area contributed by atoms with Crippen molar-refractivity contribution in [3.8, 4) is 11.1 Å². The molecule has 3 aromatic rings. The lowest BCUT2D eigenvalue weighted by Gasteiger charge is -2.21. The standard InChI is InChI=1S/C20H20FN3O3S/c1-12-16-8-13(17-10-22-18-9-14(21)5-6-15(17)18)4-7-19(16)28(26,27)24(12)11-20(25)23(2)3/h4-10,12,22H,11H2,1-3H3. The molecule has 1 atom stereocenters. The van der Waals surface area contributed by atoms with Gasteiger partial charge in [0.1, 0.15) is 5.82 Å². The molecule has 1 unspecified atom stereocenters. The number of amides is 1. The lowest BCUT2D eigenvalue weighted by molar-refractivity contribution is -0.129. The predicted molar refractivity (Wildman–Crippen MR) is 105 cm³/mol. The molecule has 8 heteroatoms. The van der Waals surface area contributed by atoms with Crippen LogP contribution >= 0.6 is 0 Å². The minimum absolute atomic E-state index is 0.202. The topological polar surface area (TPSA) is 73.5 Å². The summed E-state index contributed by atoms with van der Waals surface area (Å²) in [5.74, 6) is -0.599. The molecule has 2 aromatic carbocycles. The number of likely N-dealkylation sites (N-methyl/N-ethyl adjacent to an activating group) is 1. The van der Waals surface area contributed by atoms with E-state index < -0.39 is 16.1 Å². The maximum absolute atomic E-state index is 13.4. The summed E-state index contributed by atoms with van der Waals surface area (Å²) in [5.41, 5.74) is 3.03. The molecule has 0 radical (unpaired) electrons. The van der Waals surface area contributed by atoms with Crippen LogP contribution in [0.25, 0.3) is 22.0 Å². The number of carbonyl (C=O) groups is 1. The minimum Gasteiger partial charge on any atom is -0.360 e. The van der Waals surface area contributed by atoms with E-state index in [-0.39, 0.29) is 23.2 Å². The Kier molecular flexibility index (Phi) is 4.28. The number of aromatic nitrogens is 1. The number of hydrogen-bond acceptors (Lipinski definition) is 3. The van der Waals surface area contributed by atoms with Crippen LogP contribution in [0.5, 0.6) is 0 Å².